The number of allylic oxidation sites excluding steroid dienone is 1. The number of aromatic nitrogens is 1. The fraction of sp³-hybridized carbons (Fsp3) is 0.200. The zero-order chi connectivity index (χ0) is 13.8. The summed E-state index contributed by atoms with van der Waals surface area (Å²) in [5.74, 6) is -0.156. The number of para-hydroxylation sites is 1. The highest BCUT2D eigenvalue weighted by molar-refractivity contribution is 6.16. The molecule has 1 atom stereocenters. The lowest BCUT2D eigenvalue weighted by molar-refractivity contribution is 0.102. The Morgan fingerprint density at radius 1 is 1.47 bits per heavy atom. The first-order chi connectivity index (χ1) is 9.17. The van der Waals surface area contributed by atoms with Crippen molar-refractivity contribution in [3.8, 4) is 0 Å². The molecule has 0 saturated carbocycles. The van der Waals surface area contributed by atoms with Crippen LogP contribution in [0.4, 0.5) is 0 Å². The van der Waals surface area contributed by atoms with Gasteiger partial charge in [0.15, 0.2) is 0 Å². The second kappa shape index (κ2) is 5.63. The van der Waals surface area contributed by atoms with Gasteiger partial charge in [-0.3, -0.25) is 9.79 Å². The number of hydrogen-bond donors (Lipinski definition) is 1. The van der Waals surface area contributed by atoms with Gasteiger partial charge in [0.1, 0.15) is 5.70 Å². The summed E-state index contributed by atoms with van der Waals surface area (Å²) in [6.07, 6.45) is 3.18. The Labute approximate surface area is 111 Å². The molecule has 4 nitrogen and oxygen atoms in total. The molecule has 2 rings (SSSR count). The Balaban J connectivity index is 2.43. The number of nitrogens with zero attached hydrogens (tertiary/aromatic N) is 1. The summed E-state index contributed by atoms with van der Waals surface area (Å²) in [4.78, 5) is 19.3. The van der Waals surface area contributed by atoms with Crippen molar-refractivity contribution in [2.45, 2.75) is 13.0 Å². The Hall–Kier alpha value is -2.20. The van der Waals surface area contributed by atoms with Gasteiger partial charge in [-0.2, -0.15) is 0 Å². The number of ketones is 1. The van der Waals surface area contributed by atoms with E-state index in [2.05, 4.69) is 16.7 Å². The zero-order valence-corrected chi connectivity index (χ0v) is 11.0. The predicted molar refractivity (Wildman–Crippen MR) is 76.7 cm³/mol. The molecule has 0 saturated heterocycles. The minimum Gasteiger partial charge on any atom is -0.378 e. The summed E-state index contributed by atoms with van der Waals surface area (Å²) in [6, 6.07) is 7.65. The lowest BCUT2D eigenvalue weighted by atomic mass is 10.1. The van der Waals surface area contributed by atoms with Crippen molar-refractivity contribution in [2.75, 3.05) is 7.11 Å². The van der Waals surface area contributed by atoms with Gasteiger partial charge in [-0.1, -0.05) is 18.2 Å². The minimum atomic E-state index is -0.186. The maximum Gasteiger partial charge on any atom is 0.213 e. The van der Waals surface area contributed by atoms with Gasteiger partial charge in [-0.25, -0.2) is 0 Å². The summed E-state index contributed by atoms with van der Waals surface area (Å²) in [5, 5.41) is 0.882. The summed E-state index contributed by atoms with van der Waals surface area (Å²) in [5.41, 5.74) is 1.82. The molecule has 1 unspecified atom stereocenters. The molecule has 0 spiro atoms. The number of Topliss-reactive ketones (excluding diaryl/α,β-unsaturated/α-hetero) is 1. The Kier molecular flexibility index (Phi) is 3.92. The fourth-order valence-corrected chi connectivity index (χ4v) is 1.89. The fourth-order valence-electron chi connectivity index (χ4n) is 1.89. The molecule has 98 valence electrons. The molecule has 1 aromatic carbocycles. The molecule has 0 aliphatic heterocycles. The molecule has 2 aromatic rings. The number of aromatic amines is 1. The number of benzene rings is 1. The molecule has 1 N–H and O–H groups in total. The van der Waals surface area contributed by atoms with Gasteiger partial charge in [0.05, 0.1) is 6.10 Å². The predicted octanol–water partition coefficient (Wildman–Crippen LogP) is 2.97. The van der Waals surface area contributed by atoms with E-state index in [1.165, 1.54) is 0 Å². The first kappa shape index (κ1) is 13.2. The molecule has 0 bridgehead atoms. The smallest absolute Gasteiger partial charge is 0.213 e. The van der Waals surface area contributed by atoms with Crippen LogP contribution in [0.5, 0.6) is 0 Å². The lowest BCUT2D eigenvalue weighted by Crippen LogP contribution is -2.07. The summed E-state index contributed by atoms with van der Waals surface area (Å²) in [7, 11) is 1.58. The number of nitrogens with one attached hydrogen (secondary N) is 1. The molecule has 0 fully saturated rings. The van der Waals surface area contributed by atoms with E-state index in [4.69, 9.17) is 4.74 Å². The van der Waals surface area contributed by atoms with Crippen LogP contribution in [0.15, 0.2) is 47.2 Å². The highest BCUT2D eigenvalue weighted by atomic mass is 16.5. The molecule has 19 heavy (non-hydrogen) atoms. The number of hydrogen-bond acceptors (Lipinski definition) is 3. The number of aliphatic imine (C=N–C) groups is 1. The van der Waals surface area contributed by atoms with E-state index >= 15 is 0 Å². The van der Waals surface area contributed by atoms with Crippen molar-refractivity contribution in [2.24, 2.45) is 4.99 Å². The van der Waals surface area contributed by atoms with Gasteiger partial charge in [-0.05, 0) is 25.8 Å². The quantitative estimate of drug-likeness (QED) is 0.508. The largest absolute Gasteiger partial charge is 0.378 e. The van der Waals surface area contributed by atoms with Crippen LogP contribution in [0, 0.1) is 0 Å². The van der Waals surface area contributed by atoms with Crippen molar-refractivity contribution in [3.05, 3.63) is 47.8 Å². The van der Waals surface area contributed by atoms with Crippen LogP contribution in [0.1, 0.15) is 17.3 Å². The summed E-state index contributed by atoms with van der Waals surface area (Å²) < 4.78 is 5.11. The number of fused-ring (bicyclic) bond motifs is 1. The molecule has 1 aromatic heterocycles. The highest BCUT2D eigenvalue weighted by Gasteiger charge is 2.16. The molecule has 0 aliphatic carbocycles. The monoisotopic (exact) mass is 256 g/mol. The second-order valence-electron chi connectivity index (χ2n) is 4.23. The topological polar surface area (TPSA) is 54.4 Å². The van der Waals surface area contributed by atoms with E-state index in [0.717, 1.165) is 10.9 Å². The van der Waals surface area contributed by atoms with Crippen LogP contribution in [0.25, 0.3) is 10.9 Å². The first-order valence-corrected chi connectivity index (χ1v) is 5.99. The van der Waals surface area contributed by atoms with Gasteiger partial charge in [0.2, 0.25) is 5.78 Å². The SMILES string of the molecule is C=N/C(=C\C(C)OC)C(=O)c1c[nH]c2ccccc12. The van der Waals surface area contributed by atoms with E-state index in [9.17, 15) is 4.79 Å². The van der Waals surface area contributed by atoms with Gasteiger partial charge in [-0.15, -0.1) is 0 Å². The first-order valence-electron chi connectivity index (χ1n) is 5.99. The molecule has 0 amide bonds. The van der Waals surface area contributed by atoms with E-state index in [0.29, 0.717) is 11.3 Å². The Morgan fingerprint density at radius 2 is 2.21 bits per heavy atom. The number of H-pyrrole nitrogens is 1. The Bertz CT molecular complexity index is 640. The molecule has 0 radical (unpaired) electrons. The van der Waals surface area contributed by atoms with Crippen molar-refractivity contribution < 1.29 is 9.53 Å². The highest BCUT2D eigenvalue weighted by Crippen LogP contribution is 2.21. The Morgan fingerprint density at radius 3 is 2.89 bits per heavy atom. The maximum atomic E-state index is 12.4. The normalized spacial score (nSPS) is 13.5. The van der Waals surface area contributed by atoms with Crippen LogP contribution >= 0.6 is 0 Å². The van der Waals surface area contributed by atoms with Crippen LogP contribution in [0.3, 0.4) is 0 Å². The molecular formula is C15H16N2O2. The van der Waals surface area contributed by atoms with Crippen LogP contribution in [0.2, 0.25) is 0 Å². The molecule has 4 heteroatoms. The molecule has 1 heterocycles. The maximum absolute atomic E-state index is 12.4. The average molecular weight is 256 g/mol. The minimum absolute atomic E-state index is 0.156. The number of ether oxygens (including phenoxy) is 1. The van der Waals surface area contributed by atoms with Crippen molar-refractivity contribution in [1.82, 2.24) is 4.98 Å². The van der Waals surface area contributed by atoms with Gasteiger partial charge in [0, 0.05) is 29.8 Å². The van der Waals surface area contributed by atoms with Crippen LogP contribution in [-0.4, -0.2) is 30.7 Å². The number of methoxy groups -OCH3 is 1. The van der Waals surface area contributed by atoms with E-state index in [1.807, 2.05) is 31.2 Å². The second-order valence-corrected chi connectivity index (χ2v) is 4.23. The zero-order valence-electron chi connectivity index (χ0n) is 11.0. The third kappa shape index (κ3) is 2.63. The summed E-state index contributed by atoms with van der Waals surface area (Å²) >= 11 is 0. The van der Waals surface area contributed by atoms with E-state index < -0.39 is 0 Å². The number of carbonyl (C=O) groups is 1. The lowest BCUT2D eigenvalue weighted by Gasteiger charge is -2.05. The van der Waals surface area contributed by atoms with E-state index in [1.54, 1.807) is 19.4 Å². The van der Waals surface area contributed by atoms with Gasteiger partial charge >= 0.3 is 0 Å². The van der Waals surface area contributed by atoms with Crippen LogP contribution in [-0.2, 0) is 4.74 Å². The summed E-state index contributed by atoms with van der Waals surface area (Å²) in [6.45, 7) is 5.30. The van der Waals surface area contributed by atoms with Gasteiger partial charge in [0.25, 0.3) is 0 Å². The van der Waals surface area contributed by atoms with Gasteiger partial charge < -0.3 is 9.72 Å². The van der Waals surface area contributed by atoms with Crippen LogP contribution < -0.4 is 0 Å². The third-order valence-electron chi connectivity index (χ3n) is 3.00. The molecule has 0 aliphatic rings. The third-order valence-corrected chi connectivity index (χ3v) is 3.00. The van der Waals surface area contributed by atoms with Crippen molar-refractivity contribution in [3.63, 3.8) is 0 Å². The van der Waals surface area contributed by atoms with Crippen molar-refractivity contribution in [1.29, 1.82) is 0 Å². The van der Waals surface area contributed by atoms with E-state index in [-0.39, 0.29) is 11.9 Å². The van der Waals surface area contributed by atoms with Crippen molar-refractivity contribution >= 4 is 23.4 Å². The standard InChI is InChI=1S/C15H16N2O2/c1-10(19-3)8-14(16-2)15(18)12-9-17-13-7-5-4-6-11(12)13/h4-10,17H,2H2,1,3H3/b14-8-. The molecular weight excluding hydrogens is 240 g/mol. The number of rotatable bonds is 5. The average Bonchev–Trinajstić information content (AvgIpc) is 2.87. The number of carbonyl (C=O) groups excluding carboxylic acids is 1.